The van der Waals surface area contributed by atoms with Gasteiger partial charge in [0.25, 0.3) is 0 Å². The van der Waals surface area contributed by atoms with Gasteiger partial charge in [0.05, 0.1) is 6.10 Å². The van der Waals surface area contributed by atoms with Gasteiger partial charge in [-0.3, -0.25) is 0 Å². The first kappa shape index (κ1) is 19.9. The third-order valence-corrected chi connectivity index (χ3v) is 3.70. The third-order valence-electron chi connectivity index (χ3n) is 3.70. The predicted octanol–water partition coefficient (Wildman–Crippen LogP) is 4.70. The van der Waals surface area contributed by atoms with E-state index in [2.05, 4.69) is 6.92 Å². The zero-order valence-electron chi connectivity index (χ0n) is 13.7. The smallest absolute Gasteiger partial charge is 0.417 e. The van der Waals surface area contributed by atoms with Gasteiger partial charge in [0.1, 0.15) is 0 Å². The summed E-state index contributed by atoms with van der Waals surface area (Å²) in [6.45, 7) is 3.99. The average molecular weight is 300 g/mol. The molecule has 0 saturated heterocycles. The summed E-state index contributed by atoms with van der Waals surface area (Å²) in [6.07, 6.45) is 14.5. The van der Waals surface area contributed by atoms with Crippen LogP contribution >= 0.6 is 0 Å². The third kappa shape index (κ3) is 13.7. The number of hydrogen-bond donors (Lipinski definition) is 1. The van der Waals surface area contributed by atoms with Gasteiger partial charge in [-0.2, -0.15) is 0 Å². The Labute approximate surface area is 129 Å². The fourth-order valence-electron chi connectivity index (χ4n) is 2.39. The Morgan fingerprint density at radius 3 is 1.71 bits per heavy atom. The maximum atomic E-state index is 10.8. The molecule has 21 heavy (non-hydrogen) atoms. The average Bonchev–Trinajstić information content (AvgIpc) is 2.44. The number of unbranched alkanes of at least 4 members (excludes halogenated alkanes) is 10. The van der Waals surface area contributed by atoms with Gasteiger partial charge in [-0.15, -0.1) is 0 Å². The Morgan fingerprint density at radius 1 is 0.857 bits per heavy atom. The molecular formula is C17H32O4. The molecule has 0 aromatic carbocycles. The normalized spacial score (nSPS) is 12.1. The summed E-state index contributed by atoms with van der Waals surface area (Å²) in [6, 6.07) is 0. The molecule has 124 valence electrons. The number of carboxylic acid groups (broad SMARTS) is 1. The molecule has 0 spiro atoms. The molecule has 0 aliphatic carbocycles. The van der Waals surface area contributed by atoms with Crippen LogP contribution in [-0.2, 0) is 14.3 Å². The van der Waals surface area contributed by atoms with Gasteiger partial charge in [-0.25, -0.2) is 9.59 Å². The van der Waals surface area contributed by atoms with Crippen molar-refractivity contribution in [3.05, 3.63) is 0 Å². The topological polar surface area (TPSA) is 63.6 Å². The Kier molecular flexibility index (Phi) is 13.2. The van der Waals surface area contributed by atoms with E-state index in [0.29, 0.717) is 0 Å². The lowest BCUT2D eigenvalue weighted by atomic mass is 10.0. The molecule has 4 nitrogen and oxygen atoms in total. The molecule has 1 N–H and O–H groups in total. The van der Waals surface area contributed by atoms with E-state index >= 15 is 0 Å². The minimum absolute atomic E-state index is 0.299. The number of hydrogen-bond acceptors (Lipinski definition) is 3. The molecule has 0 aromatic rings. The molecule has 0 aromatic heterocycles. The number of aliphatic carboxylic acids is 1. The van der Waals surface area contributed by atoms with Crippen LogP contribution in [0.25, 0.3) is 0 Å². The molecular weight excluding hydrogens is 268 g/mol. The van der Waals surface area contributed by atoms with E-state index < -0.39 is 11.9 Å². The number of esters is 1. The van der Waals surface area contributed by atoms with Crippen LogP contribution in [0.1, 0.15) is 90.9 Å². The van der Waals surface area contributed by atoms with Crippen LogP contribution in [0, 0.1) is 0 Å². The fourth-order valence-corrected chi connectivity index (χ4v) is 2.39. The lowest BCUT2D eigenvalue weighted by Crippen LogP contribution is -2.22. The standard InChI is InChI=1S/C17H32O4/c1-3-4-5-6-7-8-9-10-11-12-13-14-15(2)21-17(20)16(18)19/h15H,3-14H2,1-2H3,(H,18,19). The molecule has 0 heterocycles. The van der Waals surface area contributed by atoms with Crippen molar-refractivity contribution in [2.45, 2.75) is 97.0 Å². The first-order valence-electron chi connectivity index (χ1n) is 8.51. The van der Waals surface area contributed by atoms with Gasteiger partial charge >= 0.3 is 11.9 Å². The lowest BCUT2D eigenvalue weighted by Gasteiger charge is -2.11. The van der Waals surface area contributed by atoms with E-state index in [4.69, 9.17) is 9.84 Å². The van der Waals surface area contributed by atoms with Crippen molar-refractivity contribution in [3.63, 3.8) is 0 Å². The second-order valence-electron chi connectivity index (χ2n) is 5.85. The highest BCUT2D eigenvalue weighted by Gasteiger charge is 2.16. The Balaban J connectivity index is 3.25. The van der Waals surface area contributed by atoms with Crippen LogP contribution < -0.4 is 0 Å². The zero-order chi connectivity index (χ0) is 15.9. The quantitative estimate of drug-likeness (QED) is 0.304. The van der Waals surface area contributed by atoms with Crippen molar-refractivity contribution in [3.8, 4) is 0 Å². The van der Waals surface area contributed by atoms with E-state index in [0.717, 1.165) is 19.3 Å². The summed E-state index contributed by atoms with van der Waals surface area (Å²) in [5.41, 5.74) is 0. The Morgan fingerprint density at radius 2 is 1.29 bits per heavy atom. The van der Waals surface area contributed by atoms with Gasteiger partial charge in [-0.1, -0.05) is 71.1 Å². The fraction of sp³-hybridized carbons (Fsp3) is 0.882. The lowest BCUT2D eigenvalue weighted by molar-refractivity contribution is -0.167. The molecule has 0 aliphatic heterocycles. The van der Waals surface area contributed by atoms with Crippen LogP contribution in [0.5, 0.6) is 0 Å². The number of carbonyl (C=O) groups excluding carboxylic acids is 1. The van der Waals surface area contributed by atoms with Crippen molar-refractivity contribution < 1.29 is 19.4 Å². The molecule has 0 radical (unpaired) electrons. The van der Waals surface area contributed by atoms with E-state index in [-0.39, 0.29) is 6.10 Å². The number of carboxylic acids is 1. The monoisotopic (exact) mass is 300 g/mol. The SMILES string of the molecule is CCCCCCCCCCCCCC(C)OC(=O)C(=O)O. The minimum atomic E-state index is -1.51. The first-order chi connectivity index (χ1) is 10.1. The van der Waals surface area contributed by atoms with Gasteiger partial charge in [-0.05, 0) is 19.8 Å². The number of carbonyl (C=O) groups is 2. The molecule has 1 unspecified atom stereocenters. The van der Waals surface area contributed by atoms with Crippen molar-refractivity contribution in [1.82, 2.24) is 0 Å². The van der Waals surface area contributed by atoms with Crippen molar-refractivity contribution in [2.75, 3.05) is 0 Å². The van der Waals surface area contributed by atoms with Gasteiger partial charge in [0, 0.05) is 0 Å². The molecule has 0 aliphatic rings. The van der Waals surface area contributed by atoms with Crippen molar-refractivity contribution >= 4 is 11.9 Å². The van der Waals surface area contributed by atoms with Crippen LogP contribution in [0.15, 0.2) is 0 Å². The minimum Gasteiger partial charge on any atom is -0.473 e. The van der Waals surface area contributed by atoms with Crippen molar-refractivity contribution in [2.24, 2.45) is 0 Å². The predicted molar refractivity (Wildman–Crippen MR) is 84.3 cm³/mol. The van der Waals surface area contributed by atoms with Crippen molar-refractivity contribution in [1.29, 1.82) is 0 Å². The maximum Gasteiger partial charge on any atom is 0.417 e. The van der Waals surface area contributed by atoms with Gasteiger partial charge < -0.3 is 9.84 Å². The van der Waals surface area contributed by atoms with Crippen LogP contribution in [-0.4, -0.2) is 23.1 Å². The highest BCUT2D eigenvalue weighted by atomic mass is 16.6. The maximum absolute atomic E-state index is 10.8. The summed E-state index contributed by atoms with van der Waals surface area (Å²) in [7, 11) is 0. The molecule has 0 saturated carbocycles. The van der Waals surface area contributed by atoms with Crippen LogP contribution in [0.2, 0.25) is 0 Å². The largest absolute Gasteiger partial charge is 0.473 e. The summed E-state index contributed by atoms with van der Waals surface area (Å²) in [5, 5.41) is 8.42. The molecule has 1 atom stereocenters. The highest BCUT2D eigenvalue weighted by Crippen LogP contribution is 2.13. The molecule has 4 heteroatoms. The molecule has 0 rings (SSSR count). The van der Waals surface area contributed by atoms with Gasteiger partial charge in [0.15, 0.2) is 0 Å². The summed E-state index contributed by atoms with van der Waals surface area (Å²) < 4.78 is 4.77. The van der Waals surface area contributed by atoms with Crippen LogP contribution in [0.3, 0.4) is 0 Å². The molecule has 0 amide bonds. The zero-order valence-corrected chi connectivity index (χ0v) is 13.7. The highest BCUT2D eigenvalue weighted by molar-refractivity contribution is 6.28. The summed E-state index contributed by atoms with van der Waals surface area (Å²) >= 11 is 0. The van der Waals surface area contributed by atoms with E-state index in [1.165, 1.54) is 57.8 Å². The van der Waals surface area contributed by atoms with E-state index in [1.807, 2.05) is 0 Å². The summed E-state index contributed by atoms with van der Waals surface area (Å²) in [5.74, 6) is -2.66. The Hall–Kier alpha value is -1.06. The number of ether oxygens (including phenoxy) is 1. The second-order valence-corrected chi connectivity index (χ2v) is 5.85. The van der Waals surface area contributed by atoms with Crippen LogP contribution in [0.4, 0.5) is 0 Å². The van der Waals surface area contributed by atoms with Gasteiger partial charge in [0.2, 0.25) is 0 Å². The molecule has 0 bridgehead atoms. The number of rotatable bonds is 13. The molecule has 0 fully saturated rings. The van der Waals surface area contributed by atoms with E-state index in [1.54, 1.807) is 6.92 Å². The summed E-state index contributed by atoms with van der Waals surface area (Å²) in [4.78, 5) is 21.2. The first-order valence-corrected chi connectivity index (χ1v) is 8.51. The second kappa shape index (κ2) is 13.9. The van der Waals surface area contributed by atoms with E-state index in [9.17, 15) is 9.59 Å². The Bertz CT molecular complexity index is 276.